The average molecular weight is 221 g/mol. The van der Waals surface area contributed by atoms with Crippen LogP contribution in [0.5, 0.6) is 0 Å². The van der Waals surface area contributed by atoms with E-state index in [0.29, 0.717) is 4.75 Å². The maximum absolute atomic E-state index is 3.51. The molecule has 0 heterocycles. The van der Waals surface area contributed by atoms with E-state index < -0.39 is 0 Å². The summed E-state index contributed by atoms with van der Waals surface area (Å²) >= 11 is 3.87. The fourth-order valence-electron chi connectivity index (χ4n) is 0.958. The molecule has 0 aromatic heterocycles. The summed E-state index contributed by atoms with van der Waals surface area (Å²) in [5.41, 5.74) is 0. The van der Waals surface area contributed by atoms with Crippen molar-refractivity contribution >= 4 is 23.5 Å². The van der Waals surface area contributed by atoms with Crippen LogP contribution in [0.4, 0.5) is 0 Å². The minimum absolute atomic E-state index is 0.388. The lowest BCUT2D eigenvalue weighted by Gasteiger charge is -2.22. The third kappa shape index (κ3) is 8.98. The molecule has 0 aromatic rings. The molecule has 0 amide bonds. The highest BCUT2D eigenvalue weighted by Crippen LogP contribution is 2.19. The van der Waals surface area contributed by atoms with Crippen molar-refractivity contribution in [3.63, 3.8) is 0 Å². The van der Waals surface area contributed by atoms with E-state index in [1.165, 1.54) is 25.1 Å². The SMILES string of the molecule is CSCCCCNCC(C)(C)SC. The van der Waals surface area contributed by atoms with Gasteiger partial charge in [0.25, 0.3) is 0 Å². The van der Waals surface area contributed by atoms with Gasteiger partial charge in [0.2, 0.25) is 0 Å². The topological polar surface area (TPSA) is 12.0 Å². The standard InChI is InChI=1S/C10H23NS2/c1-10(2,13-4)9-11-7-5-6-8-12-3/h11H,5-9H2,1-4H3. The normalized spacial score (nSPS) is 12.0. The van der Waals surface area contributed by atoms with Gasteiger partial charge in [0, 0.05) is 11.3 Å². The van der Waals surface area contributed by atoms with Crippen molar-refractivity contribution in [2.75, 3.05) is 31.4 Å². The van der Waals surface area contributed by atoms with Gasteiger partial charge in [-0.1, -0.05) is 0 Å². The zero-order chi connectivity index (χ0) is 10.2. The van der Waals surface area contributed by atoms with Gasteiger partial charge in [-0.15, -0.1) is 0 Å². The van der Waals surface area contributed by atoms with Crippen molar-refractivity contribution in [2.24, 2.45) is 0 Å². The van der Waals surface area contributed by atoms with E-state index in [0.717, 1.165) is 6.54 Å². The van der Waals surface area contributed by atoms with Crippen LogP contribution in [-0.2, 0) is 0 Å². The van der Waals surface area contributed by atoms with E-state index in [1.807, 2.05) is 23.5 Å². The molecular formula is C10H23NS2. The van der Waals surface area contributed by atoms with Gasteiger partial charge in [0.1, 0.15) is 0 Å². The summed E-state index contributed by atoms with van der Waals surface area (Å²) in [5.74, 6) is 1.30. The number of nitrogens with one attached hydrogen (secondary N) is 1. The van der Waals surface area contributed by atoms with Crippen LogP contribution >= 0.6 is 23.5 Å². The van der Waals surface area contributed by atoms with Crippen LogP contribution in [0.15, 0.2) is 0 Å². The van der Waals surface area contributed by atoms with Gasteiger partial charge >= 0.3 is 0 Å². The first-order chi connectivity index (χ1) is 6.12. The van der Waals surface area contributed by atoms with Crippen molar-refractivity contribution in [1.82, 2.24) is 5.32 Å². The molecule has 80 valence electrons. The first-order valence-corrected chi connectivity index (χ1v) is 7.49. The van der Waals surface area contributed by atoms with Crippen molar-refractivity contribution in [3.05, 3.63) is 0 Å². The summed E-state index contributed by atoms with van der Waals surface area (Å²) in [5, 5.41) is 3.51. The molecule has 1 N–H and O–H groups in total. The van der Waals surface area contributed by atoms with Gasteiger partial charge in [-0.05, 0) is 51.5 Å². The Morgan fingerprint density at radius 1 is 1.15 bits per heavy atom. The van der Waals surface area contributed by atoms with Gasteiger partial charge in [0.05, 0.1) is 0 Å². The zero-order valence-electron chi connectivity index (χ0n) is 9.35. The largest absolute Gasteiger partial charge is 0.315 e. The van der Waals surface area contributed by atoms with E-state index in [1.54, 1.807) is 0 Å². The van der Waals surface area contributed by atoms with E-state index in [4.69, 9.17) is 0 Å². The average Bonchev–Trinajstić information content (AvgIpc) is 2.11. The zero-order valence-corrected chi connectivity index (χ0v) is 11.0. The highest BCUT2D eigenvalue weighted by atomic mass is 32.2. The highest BCUT2D eigenvalue weighted by Gasteiger charge is 2.14. The van der Waals surface area contributed by atoms with E-state index >= 15 is 0 Å². The first-order valence-electron chi connectivity index (χ1n) is 4.87. The number of unbranched alkanes of at least 4 members (excludes halogenated alkanes) is 1. The lowest BCUT2D eigenvalue weighted by atomic mass is 10.2. The van der Waals surface area contributed by atoms with Crippen LogP contribution in [-0.4, -0.2) is 36.1 Å². The summed E-state index contributed by atoms with van der Waals surface area (Å²) in [4.78, 5) is 0. The molecule has 0 rings (SSSR count). The van der Waals surface area contributed by atoms with Crippen LogP contribution in [0.3, 0.4) is 0 Å². The van der Waals surface area contributed by atoms with Gasteiger partial charge in [0.15, 0.2) is 0 Å². The maximum Gasteiger partial charge on any atom is 0.0225 e. The molecule has 0 saturated heterocycles. The highest BCUT2D eigenvalue weighted by molar-refractivity contribution is 8.00. The minimum Gasteiger partial charge on any atom is -0.315 e. The van der Waals surface area contributed by atoms with Crippen molar-refractivity contribution in [1.29, 1.82) is 0 Å². The summed E-state index contributed by atoms with van der Waals surface area (Å²) in [6.07, 6.45) is 7.00. The second-order valence-corrected chi connectivity index (χ2v) is 6.34. The van der Waals surface area contributed by atoms with Crippen LogP contribution < -0.4 is 5.32 Å². The van der Waals surface area contributed by atoms with Crippen LogP contribution in [0, 0.1) is 0 Å². The molecule has 0 aliphatic heterocycles. The predicted octanol–water partition coefficient (Wildman–Crippen LogP) is 2.86. The molecule has 0 saturated carbocycles. The molecule has 0 bridgehead atoms. The molecule has 0 unspecified atom stereocenters. The van der Waals surface area contributed by atoms with Gasteiger partial charge in [-0.25, -0.2) is 0 Å². The second kappa shape index (κ2) is 8.01. The van der Waals surface area contributed by atoms with Gasteiger partial charge < -0.3 is 5.32 Å². The molecular weight excluding hydrogens is 198 g/mol. The molecule has 0 atom stereocenters. The molecule has 0 aliphatic carbocycles. The van der Waals surface area contributed by atoms with Gasteiger partial charge in [-0.3, -0.25) is 0 Å². The Kier molecular flexibility index (Phi) is 8.42. The predicted molar refractivity (Wildman–Crippen MR) is 68.1 cm³/mol. The summed E-state index contributed by atoms with van der Waals surface area (Å²) < 4.78 is 0.388. The molecule has 0 spiro atoms. The van der Waals surface area contributed by atoms with Crippen molar-refractivity contribution in [2.45, 2.75) is 31.4 Å². The van der Waals surface area contributed by atoms with Crippen LogP contribution in [0.25, 0.3) is 0 Å². The Hall–Kier alpha value is 0.660. The molecule has 0 radical (unpaired) electrons. The summed E-state index contributed by atoms with van der Waals surface area (Å²) in [6.45, 7) is 6.86. The third-order valence-electron chi connectivity index (χ3n) is 2.06. The summed E-state index contributed by atoms with van der Waals surface area (Å²) in [7, 11) is 0. The Bertz CT molecular complexity index is 115. The van der Waals surface area contributed by atoms with E-state index in [-0.39, 0.29) is 0 Å². The summed E-state index contributed by atoms with van der Waals surface area (Å²) in [6, 6.07) is 0. The van der Waals surface area contributed by atoms with Crippen molar-refractivity contribution < 1.29 is 0 Å². The quantitative estimate of drug-likeness (QED) is 0.633. The number of hydrogen-bond donors (Lipinski definition) is 1. The Labute approximate surface area is 91.8 Å². The number of rotatable bonds is 8. The molecule has 13 heavy (non-hydrogen) atoms. The van der Waals surface area contributed by atoms with E-state index in [9.17, 15) is 0 Å². The fourth-order valence-corrected chi connectivity index (χ4v) is 1.70. The maximum atomic E-state index is 3.51. The Morgan fingerprint density at radius 2 is 1.85 bits per heavy atom. The molecule has 0 fully saturated rings. The van der Waals surface area contributed by atoms with Crippen LogP contribution in [0.1, 0.15) is 26.7 Å². The Morgan fingerprint density at radius 3 is 2.38 bits per heavy atom. The lowest BCUT2D eigenvalue weighted by molar-refractivity contribution is 0.574. The molecule has 0 aromatic carbocycles. The fraction of sp³-hybridized carbons (Fsp3) is 1.00. The Balaban J connectivity index is 3.16. The lowest BCUT2D eigenvalue weighted by Crippen LogP contribution is -2.32. The second-order valence-electron chi connectivity index (χ2n) is 3.84. The number of thioether (sulfide) groups is 2. The number of hydrogen-bond acceptors (Lipinski definition) is 3. The monoisotopic (exact) mass is 221 g/mol. The third-order valence-corrected chi connectivity index (χ3v) is 4.00. The van der Waals surface area contributed by atoms with Crippen LogP contribution in [0.2, 0.25) is 0 Å². The minimum atomic E-state index is 0.388. The van der Waals surface area contributed by atoms with Crippen molar-refractivity contribution in [3.8, 4) is 0 Å². The first kappa shape index (κ1) is 13.7. The van der Waals surface area contributed by atoms with E-state index in [2.05, 4.69) is 31.7 Å². The molecule has 0 aliphatic rings. The van der Waals surface area contributed by atoms with Gasteiger partial charge in [-0.2, -0.15) is 23.5 Å². The molecule has 3 heteroatoms. The molecule has 1 nitrogen and oxygen atoms in total. The smallest absolute Gasteiger partial charge is 0.0225 e.